The highest BCUT2D eigenvalue weighted by Crippen LogP contribution is 2.26. The lowest BCUT2D eigenvalue weighted by molar-refractivity contribution is -0.146. The van der Waals surface area contributed by atoms with Crippen molar-refractivity contribution in [2.75, 3.05) is 6.61 Å². The zero-order valence-corrected chi connectivity index (χ0v) is 13.6. The van der Waals surface area contributed by atoms with Gasteiger partial charge in [0.05, 0.1) is 6.61 Å². The third-order valence-electron chi connectivity index (χ3n) is 3.36. The number of hydrogen-bond acceptors (Lipinski definition) is 3. The molecule has 0 heterocycles. The number of ether oxygens (including phenoxy) is 2. The fourth-order valence-electron chi connectivity index (χ4n) is 2.19. The topological polar surface area (TPSA) is 35.5 Å². The Balaban J connectivity index is 2.07. The molecule has 0 aliphatic carbocycles. The molecule has 3 heteroatoms. The second kappa shape index (κ2) is 8.30. The van der Waals surface area contributed by atoms with Gasteiger partial charge in [0.1, 0.15) is 12.2 Å². The molecule has 0 radical (unpaired) electrons. The largest absolute Gasteiger partial charge is 0.457 e. The van der Waals surface area contributed by atoms with E-state index in [4.69, 9.17) is 9.47 Å². The number of hydrogen-bond donors (Lipinski definition) is 0. The van der Waals surface area contributed by atoms with Crippen LogP contribution in [0.2, 0.25) is 0 Å². The first-order valence-electron chi connectivity index (χ1n) is 7.66. The molecule has 2 aromatic carbocycles. The smallest absolute Gasteiger partial charge is 0.333 e. The Kier molecular flexibility index (Phi) is 6.12. The number of esters is 1. The van der Waals surface area contributed by atoms with Crippen molar-refractivity contribution in [1.82, 2.24) is 0 Å². The van der Waals surface area contributed by atoms with Crippen LogP contribution in [0.3, 0.4) is 0 Å². The highest BCUT2D eigenvalue weighted by Gasteiger charge is 2.17. The Morgan fingerprint density at radius 1 is 1.00 bits per heavy atom. The third kappa shape index (κ3) is 5.08. The molecule has 2 aromatic rings. The van der Waals surface area contributed by atoms with E-state index in [1.165, 1.54) is 0 Å². The maximum absolute atomic E-state index is 11.6. The van der Waals surface area contributed by atoms with Gasteiger partial charge in [-0.25, -0.2) is 4.79 Å². The summed E-state index contributed by atoms with van der Waals surface area (Å²) in [7, 11) is 0. The zero-order chi connectivity index (χ0) is 16.7. The third-order valence-corrected chi connectivity index (χ3v) is 3.36. The zero-order valence-electron chi connectivity index (χ0n) is 13.6. The first-order chi connectivity index (χ1) is 11.1. The minimum Gasteiger partial charge on any atom is -0.457 e. The molecule has 0 amide bonds. The van der Waals surface area contributed by atoms with Gasteiger partial charge in [-0.3, -0.25) is 0 Å². The lowest BCUT2D eigenvalue weighted by atomic mass is 10.0. The Morgan fingerprint density at radius 3 is 1.91 bits per heavy atom. The quantitative estimate of drug-likeness (QED) is 0.565. The summed E-state index contributed by atoms with van der Waals surface area (Å²) in [5.74, 6) is -0.392. The molecule has 0 aromatic heterocycles. The Hall–Kier alpha value is -2.39. The van der Waals surface area contributed by atoms with E-state index < -0.39 is 5.97 Å². The molecule has 0 aliphatic rings. The molecule has 0 N–H and O–H groups in total. The van der Waals surface area contributed by atoms with Crippen molar-refractivity contribution < 1.29 is 14.3 Å². The highest BCUT2D eigenvalue weighted by atomic mass is 16.6. The van der Waals surface area contributed by atoms with Gasteiger partial charge < -0.3 is 9.47 Å². The van der Waals surface area contributed by atoms with Gasteiger partial charge in [-0.1, -0.05) is 67.2 Å². The molecule has 0 saturated carbocycles. The first kappa shape index (κ1) is 17.0. The predicted molar refractivity (Wildman–Crippen MR) is 91.0 cm³/mol. The van der Waals surface area contributed by atoms with Gasteiger partial charge in [-0.15, -0.1) is 0 Å². The molecule has 0 aliphatic heterocycles. The second-order valence-corrected chi connectivity index (χ2v) is 5.53. The maximum atomic E-state index is 11.6. The number of carbonyl (C=O) groups excluding carboxylic acids is 1. The van der Waals surface area contributed by atoms with E-state index in [2.05, 4.69) is 6.58 Å². The van der Waals surface area contributed by atoms with Crippen molar-refractivity contribution in [2.45, 2.75) is 26.1 Å². The summed E-state index contributed by atoms with van der Waals surface area (Å²) in [5.41, 5.74) is 2.52. The average molecular weight is 310 g/mol. The minimum atomic E-state index is -0.392. The Bertz CT molecular complexity index is 595. The van der Waals surface area contributed by atoms with Crippen LogP contribution in [0.4, 0.5) is 0 Å². The van der Waals surface area contributed by atoms with Gasteiger partial charge in [-0.2, -0.15) is 0 Å². The molecular formula is C20H22O3. The van der Waals surface area contributed by atoms with Gasteiger partial charge >= 0.3 is 5.97 Å². The summed E-state index contributed by atoms with van der Waals surface area (Å²) >= 11 is 0. The molecule has 0 bridgehead atoms. The summed E-state index contributed by atoms with van der Waals surface area (Å²) in [6, 6.07) is 20.0. The molecule has 1 atom stereocenters. The lowest BCUT2D eigenvalue weighted by Gasteiger charge is -2.21. The summed E-state index contributed by atoms with van der Waals surface area (Å²) in [6.45, 7) is 7.34. The van der Waals surface area contributed by atoms with Crippen molar-refractivity contribution >= 4 is 5.97 Å². The van der Waals surface area contributed by atoms with Gasteiger partial charge in [0.15, 0.2) is 0 Å². The van der Waals surface area contributed by atoms with Crippen LogP contribution in [0.5, 0.6) is 0 Å². The summed E-state index contributed by atoms with van der Waals surface area (Å²) in [4.78, 5) is 11.6. The van der Waals surface area contributed by atoms with Gasteiger partial charge in [-0.05, 0) is 25.0 Å². The van der Waals surface area contributed by atoms with Crippen LogP contribution >= 0.6 is 0 Å². The summed E-state index contributed by atoms with van der Waals surface area (Å²) in [5, 5.41) is 0. The van der Waals surface area contributed by atoms with E-state index in [9.17, 15) is 4.79 Å². The molecule has 0 fully saturated rings. The van der Waals surface area contributed by atoms with Crippen molar-refractivity contribution in [3.63, 3.8) is 0 Å². The van der Waals surface area contributed by atoms with Crippen LogP contribution in [0.1, 0.15) is 31.1 Å². The number of carbonyl (C=O) groups is 1. The molecule has 0 saturated heterocycles. The van der Waals surface area contributed by atoms with Crippen molar-refractivity contribution in [3.8, 4) is 0 Å². The summed E-state index contributed by atoms with van der Waals surface area (Å²) in [6.07, 6.45) is -0.530. The molecule has 3 nitrogen and oxygen atoms in total. The molecule has 1 unspecified atom stereocenters. The van der Waals surface area contributed by atoms with E-state index >= 15 is 0 Å². The van der Waals surface area contributed by atoms with E-state index in [0.717, 1.165) is 11.1 Å². The van der Waals surface area contributed by atoms with Crippen LogP contribution in [0.15, 0.2) is 72.8 Å². The first-order valence-corrected chi connectivity index (χ1v) is 7.66. The van der Waals surface area contributed by atoms with Crippen LogP contribution in [-0.2, 0) is 14.3 Å². The normalized spacial score (nSPS) is 12.0. The van der Waals surface area contributed by atoms with Crippen LogP contribution in [0, 0.1) is 0 Å². The van der Waals surface area contributed by atoms with E-state index in [1.807, 2.05) is 67.6 Å². The predicted octanol–water partition coefficient (Wildman–Crippen LogP) is 4.30. The van der Waals surface area contributed by atoms with Crippen molar-refractivity contribution in [2.24, 2.45) is 0 Å². The Morgan fingerprint density at radius 2 is 1.48 bits per heavy atom. The van der Waals surface area contributed by atoms with Crippen LogP contribution in [-0.4, -0.2) is 18.7 Å². The van der Waals surface area contributed by atoms with E-state index in [0.29, 0.717) is 12.2 Å². The highest BCUT2D eigenvalue weighted by molar-refractivity contribution is 5.87. The van der Waals surface area contributed by atoms with Crippen LogP contribution < -0.4 is 0 Å². The average Bonchev–Trinajstić information content (AvgIpc) is 2.57. The summed E-state index contributed by atoms with van der Waals surface area (Å²) < 4.78 is 11.3. The fraction of sp³-hybridized carbons (Fsp3) is 0.250. The van der Waals surface area contributed by atoms with Crippen LogP contribution in [0.25, 0.3) is 0 Å². The molecule has 2 rings (SSSR count). The standard InChI is InChI=1S/C20H22O3/c1-15(2)20(21)23-16(3)14-22-19(17-10-6-4-7-11-17)18-12-8-5-9-13-18/h4-13,16,19H,1,14H2,2-3H3. The second-order valence-electron chi connectivity index (χ2n) is 5.53. The van der Waals surface area contributed by atoms with Gasteiger partial charge in [0.2, 0.25) is 0 Å². The molecule has 23 heavy (non-hydrogen) atoms. The van der Waals surface area contributed by atoms with Gasteiger partial charge in [0.25, 0.3) is 0 Å². The lowest BCUT2D eigenvalue weighted by Crippen LogP contribution is -2.22. The Labute approximate surface area is 137 Å². The minimum absolute atomic E-state index is 0.191. The maximum Gasteiger partial charge on any atom is 0.333 e. The number of benzene rings is 2. The molecule has 120 valence electrons. The molecular weight excluding hydrogens is 288 g/mol. The SMILES string of the molecule is C=C(C)C(=O)OC(C)COC(c1ccccc1)c1ccccc1. The fourth-order valence-corrected chi connectivity index (χ4v) is 2.19. The number of rotatable bonds is 7. The van der Waals surface area contributed by atoms with E-state index in [1.54, 1.807) is 6.92 Å². The van der Waals surface area contributed by atoms with E-state index in [-0.39, 0.29) is 12.2 Å². The molecule has 0 spiro atoms. The van der Waals surface area contributed by atoms with Crippen molar-refractivity contribution in [3.05, 3.63) is 83.9 Å². The van der Waals surface area contributed by atoms with Crippen molar-refractivity contribution in [1.29, 1.82) is 0 Å². The monoisotopic (exact) mass is 310 g/mol. The van der Waals surface area contributed by atoms with Gasteiger partial charge in [0, 0.05) is 5.57 Å².